The van der Waals surface area contributed by atoms with E-state index in [1.807, 2.05) is 11.8 Å². The standard InChI is InChI=1S/C10H17N3O2S/c14-9-6-11-8(5-12-9)10(15)13-4-7-2-1-3-16-7/h7-8,11H,1-6H2,(H,12,14)(H,13,15). The highest BCUT2D eigenvalue weighted by Crippen LogP contribution is 2.25. The number of carbonyl (C=O) groups is 2. The van der Waals surface area contributed by atoms with Crippen LogP contribution in [0.2, 0.25) is 0 Å². The van der Waals surface area contributed by atoms with E-state index in [2.05, 4.69) is 16.0 Å². The van der Waals surface area contributed by atoms with Crippen molar-refractivity contribution in [2.75, 3.05) is 25.4 Å². The van der Waals surface area contributed by atoms with Crippen LogP contribution in [-0.4, -0.2) is 48.5 Å². The van der Waals surface area contributed by atoms with Gasteiger partial charge >= 0.3 is 0 Å². The molecule has 0 bridgehead atoms. The van der Waals surface area contributed by atoms with E-state index in [0.29, 0.717) is 11.8 Å². The quantitative estimate of drug-likeness (QED) is 0.600. The van der Waals surface area contributed by atoms with Gasteiger partial charge in [0.25, 0.3) is 0 Å². The van der Waals surface area contributed by atoms with Crippen molar-refractivity contribution in [1.82, 2.24) is 16.0 Å². The molecule has 2 atom stereocenters. The van der Waals surface area contributed by atoms with Crippen molar-refractivity contribution in [2.24, 2.45) is 0 Å². The highest BCUT2D eigenvalue weighted by Gasteiger charge is 2.24. The predicted octanol–water partition coefficient (Wildman–Crippen LogP) is -0.914. The van der Waals surface area contributed by atoms with Crippen molar-refractivity contribution >= 4 is 23.6 Å². The van der Waals surface area contributed by atoms with E-state index in [9.17, 15) is 9.59 Å². The highest BCUT2D eigenvalue weighted by molar-refractivity contribution is 8.00. The number of amides is 2. The van der Waals surface area contributed by atoms with Crippen molar-refractivity contribution in [3.8, 4) is 0 Å². The van der Waals surface area contributed by atoms with Crippen LogP contribution in [0, 0.1) is 0 Å². The molecule has 0 radical (unpaired) electrons. The SMILES string of the molecule is O=C1CNC(C(=O)NCC2CCCS2)CN1. The minimum absolute atomic E-state index is 0.00694. The number of hydrogen-bond donors (Lipinski definition) is 3. The van der Waals surface area contributed by atoms with E-state index in [-0.39, 0.29) is 24.4 Å². The molecule has 2 fully saturated rings. The van der Waals surface area contributed by atoms with E-state index < -0.39 is 0 Å². The third-order valence-electron chi connectivity index (χ3n) is 2.86. The summed E-state index contributed by atoms with van der Waals surface area (Å²) in [6, 6.07) is -0.274. The van der Waals surface area contributed by atoms with Gasteiger partial charge in [0, 0.05) is 18.3 Å². The molecular formula is C10H17N3O2S. The molecule has 2 heterocycles. The lowest BCUT2D eigenvalue weighted by atomic mass is 10.2. The molecule has 0 aromatic heterocycles. The second-order valence-corrected chi connectivity index (χ2v) is 5.53. The molecule has 2 rings (SSSR count). The Kier molecular flexibility index (Phi) is 4.06. The van der Waals surface area contributed by atoms with Crippen LogP contribution in [0.25, 0.3) is 0 Å². The van der Waals surface area contributed by atoms with E-state index >= 15 is 0 Å². The summed E-state index contributed by atoms with van der Waals surface area (Å²) in [5.74, 6) is 1.15. The number of thioether (sulfide) groups is 1. The summed E-state index contributed by atoms with van der Waals surface area (Å²) in [7, 11) is 0. The van der Waals surface area contributed by atoms with Gasteiger partial charge in [-0.3, -0.25) is 14.9 Å². The highest BCUT2D eigenvalue weighted by atomic mass is 32.2. The van der Waals surface area contributed by atoms with Gasteiger partial charge < -0.3 is 10.6 Å². The van der Waals surface area contributed by atoms with Crippen LogP contribution in [0.15, 0.2) is 0 Å². The molecule has 3 N–H and O–H groups in total. The van der Waals surface area contributed by atoms with Crippen molar-refractivity contribution in [3.63, 3.8) is 0 Å². The summed E-state index contributed by atoms with van der Waals surface area (Å²) in [5, 5.41) is 9.09. The predicted molar refractivity (Wildman–Crippen MR) is 63.3 cm³/mol. The summed E-state index contributed by atoms with van der Waals surface area (Å²) < 4.78 is 0. The van der Waals surface area contributed by atoms with Gasteiger partial charge in [-0.15, -0.1) is 0 Å². The molecule has 2 unspecified atom stereocenters. The molecule has 90 valence electrons. The molecule has 0 aliphatic carbocycles. The Morgan fingerprint density at radius 1 is 1.56 bits per heavy atom. The topological polar surface area (TPSA) is 70.2 Å². The van der Waals surface area contributed by atoms with E-state index in [0.717, 1.165) is 6.54 Å². The number of rotatable bonds is 3. The Labute approximate surface area is 99.1 Å². The summed E-state index contributed by atoms with van der Waals surface area (Å²) in [6.45, 7) is 1.37. The Balaban J connectivity index is 1.68. The maximum absolute atomic E-state index is 11.7. The van der Waals surface area contributed by atoms with Crippen LogP contribution >= 0.6 is 11.8 Å². The summed E-state index contributed by atoms with van der Waals surface area (Å²) in [6.07, 6.45) is 2.45. The average molecular weight is 243 g/mol. The first-order valence-corrected chi connectivity index (χ1v) is 6.70. The van der Waals surface area contributed by atoms with Gasteiger partial charge in [0.2, 0.25) is 11.8 Å². The fourth-order valence-corrected chi connectivity index (χ4v) is 3.10. The molecule has 0 saturated carbocycles. The third-order valence-corrected chi connectivity index (χ3v) is 4.25. The fourth-order valence-electron chi connectivity index (χ4n) is 1.89. The van der Waals surface area contributed by atoms with Crippen LogP contribution in [-0.2, 0) is 9.59 Å². The Bertz CT molecular complexity index is 269. The molecule has 2 saturated heterocycles. The average Bonchev–Trinajstić information content (AvgIpc) is 2.80. The maximum atomic E-state index is 11.7. The molecule has 0 spiro atoms. The summed E-state index contributed by atoms with van der Waals surface area (Å²) in [4.78, 5) is 22.6. The molecule has 5 nitrogen and oxygen atoms in total. The monoisotopic (exact) mass is 243 g/mol. The van der Waals surface area contributed by atoms with Crippen molar-refractivity contribution < 1.29 is 9.59 Å². The van der Waals surface area contributed by atoms with E-state index in [1.165, 1.54) is 18.6 Å². The molecule has 2 amide bonds. The normalized spacial score (nSPS) is 29.9. The number of piperazine rings is 1. The van der Waals surface area contributed by atoms with Crippen LogP contribution in [0.3, 0.4) is 0 Å². The lowest BCUT2D eigenvalue weighted by molar-refractivity contribution is -0.126. The number of hydrogen-bond acceptors (Lipinski definition) is 4. The van der Waals surface area contributed by atoms with Gasteiger partial charge in [0.15, 0.2) is 0 Å². The fraction of sp³-hybridized carbons (Fsp3) is 0.800. The number of carbonyl (C=O) groups excluding carboxylic acids is 2. The zero-order valence-electron chi connectivity index (χ0n) is 9.12. The van der Waals surface area contributed by atoms with Crippen molar-refractivity contribution in [1.29, 1.82) is 0 Å². The van der Waals surface area contributed by atoms with Gasteiger partial charge in [0.05, 0.1) is 6.54 Å². The molecule has 0 aromatic carbocycles. The van der Waals surface area contributed by atoms with Gasteiger partial charge in [-0.05, 0) is 18.6 Å². The van der Waals surface area contributed by atoms with Gasteiger partial charge in [-0.25, -0.2) is 0 Å². The zero-order valence-corrected chi connectivity index (χ0v) is 9.94. The molecule has 6 heteroatoms. The van der Waals surface area contributed by atoms with E-state index in [1.54, 1.807) is 0 Å². The van der Waals surface area contributed by atoms with Gasteiger partial charge in [-0.1, -0.05) is 0 Å². The van der Waals surface area contributed by atoms with Gasteiger partial charge in [-0.2, -0.15) is 11.8 Å². The van der Waals surface area contributed by atoms with Crippen LogP contribution < -0.4 is 16.0 Å². The first-order valence-electron chi connectivity index (χ1n) is 5.65. The first-order chi connectivity index (χ1) is 7.75. The van der Waals surface area contributed by atoms with Crippen molar-refractivity contribution in [3.05, 3.63) is 0 Å². The number of nitrogens with one attached hydrogen (secondary N) is 3. The van der Waals surface area contributed by atoms with Crippen molar-refractivity contribution in [2.45, 2.75) is 24.1 Å². The third kappa shape index (κ3) is 3.12. The van der Waals surface area contributed by atoms with Gasteiger partial charge in [0.1, 0.15) is 6.04 Å². The lowest BCUT2D eigenvalue weighted by Gasteiger charge is -2.23. The largest absolute Gasteiger partial charge is 0.354 e. The Morgan fingerprint density at radius 2 is 2.44 bits per heavy atom. The summed E-state index contributed by atoms with van der Waals surface area (Å²) in [5.41, 5.74) is 0. The zero-order chi connectivity index (χ0) is 11.4. The second-order valence-electron chi connectivity index (χ2n) is 4.12. The smallest absolute Gasteiger partial charge is 0.239 e. The van der Waals surface area contributed by atoms with Crippen LogP contribution in [0.5, 0.6) is 0 Å². The minimum Gasteiger partial charge on any atom is -0.354 e. The molecule has 16 heavy (non-hydrogen) atoms. The van der Waals surface area contributed by atoms with Crippen LogP contribution in [0.4, 0.5) is 0 Å². The van der Waals surface area contributed by atoms with Crippen LogP contribution in [0.1, 0.15) is 12.8 Å². The summed E-state index contributed by atoms with van der Waals surface area (Å²) >= 11 is 1.93. The molecule has 0 aromatic rings. The first kappa shape index (κ1) is 11.7. The van der Waals surface area contributed by atoms with E-state index in [4.69, 9.17) is 0 Å². The minimum atomic E-state index is -0.274. The maximum Gasteiger partial charge on any atom is 0.239 e. The second kappa shape index (κ2) is 5.54. The molecule has 2 aliphatic heterocycles. The molecule has 2 aliphatic rings. The lowest BCUT2D eigenvalue weighted by Crippen LogP contribution is -2.58. The molecular weight excluding hydrogens is 226 g/mol. The Hall–Kier alpha value is -0.750. The Morgan fingerprint density at radius 3 is 3.06 bits per heavy atom.